The first-order valence-corrected chi connectivity index (χ1v) is 11.1. The molecule has 0 saturated heterocycles. The van der Waals surface area contributed by atoms with Crippen LogP contribution in [-0.4, -0.2) is 11.2 Å². The molecule has 0 aromatic heterocycles. The maximum Gasteiger partial charge on any atom is 0.130 e. The maximum absolute atomic E-state index is 10.2. The van der Waals surface area contributed by atoms with Crippen molar-refractivity contribution in [1.82, 2.24) is 0 Å². The van der Waals surface area contributed by atoms with Crippen molar-refractivity contribution in [3.63, 3.8) is 0 Å². The zero-order valence-electron chi connectivity index (χ0n) is 18.2. The lowest BCUT2D eigenvalue weighted by Crippen LogP contribution is -2.02. The molecule has 0 heterocycles. The van der Waals surface area contributed by atoms with E-state index in [-0.39, 0.29) is 0 Å². The fourth-order valence-electron chi connectivity index (χ4n) is 3.26. The van der Waals surface area contributed by atoms with E-state index in [0.717, 1.165) is 53.9 Å². The molecule has 3 aromatic carbocycles. The van der Waals surface area contributed by atoms with Gasteiger partial charge >= 0.3 is 0 Å². The van der Waals surface area contributed by atoms with E-state index in [0.29, 0.717) is 13.2 Å². The van der Waals surface area contributed by atoms with Crippen molar-refractivity contribution in [3.05, 3.63) is 102 Å². The first-order valence-electron chi connectivity index (χ1n) is 11.1. The van der Waals surface area contributed by atoms with Crippen molar-refractivity contribution in [2.24, 2.45) is 0 Å². The summed E-state index contributed by atoms with van der Waals surface area (Å²) in [5, 5.41) is 10.2. The molecular formula is C28H32O3. The third-order valence-corrected chi connectivity index (χ3v) is 5.07. The van der Waals surface area contributed by atoms with Gasteiger partial charge in [-0.05, 0) is 29.7 Å². The molecule has 3 rings (SSSR count). The minimum absolute atomic E-state index is 0.442. The SMILES string of the molecule is CCCCCC(O)C=Cc1ccc(OCc2ccccc2)cc1OCc1ccccc1. The van der Waals surface area contributed by atoms with E-state index >= 15 is 0 Å². The highest BCUT2D eigenvalue weighted by Gasteiger charge is 2.07. The second-order valence-electron chi connectivity index (χ2n) is 7.67. The van der Waals surface area contributed by atoms with Gasteiger partial charge in [0.05, 0.1) is 6.10 Å². The number of unbranched alkanes of at least 4 members (excludes halogenated alkanes) is 2. The summed E-state index contributed by atoms with van der Waals surface area (Å²) in [6.45, 7) is 3.15. The van der Waals surface area contributed by atoms with Gasteiger partial charge in [-0.3, -0.25) is 0 Å². The Labute approximate surface area is 186 Å². The smallest absolute Gasteiger partial charge is 0.130 e. The average Bonchev–Trinajstić information content (AvgIpc) is 2.82. The molecule has 0 aliphatic heterocycles. The molecule has 0 spiro atoms. The summed E-state index contributed by atoms with van der Waals surface area (Å²) in [5.41, 5.74) is 3.15. The van der Waals surface area contributed by atoms with Gasteiger partial charge < -0.3 is 14.6 Å². The van der Waals surface area contributed by atoms with Crippen LogP contribution in [0.5, 0.6) is 11.5 Å². The van der Waals surface area contributed by atoms with E-state index in [9.17, 15) is 5.11 Å². The van der Waals surface area contributed by atoms with Crippen LogP contribution in [0.15, 0.2) is 84.9 Å². The number of aliphatic hydroxyl groups excluding tert-OH is 1. The van der Waals surface area contributed by atoms with Crippen molar-refractivity contribution < 1.29 is 14.6 Å². The zero-order chi connectivity index (χ0) is 21.7. The van der Waals surface area contributed by atoms with Crippen molar-refractivity contribution in [1.29, 1.82) is 0 Å². The predicted octanol–water partition coefficient (Wildman–Crippen LogP) is 6.80. The van der Waals surface area contributed by atoms with Crippen LogP contribution in [0.1, 0.15) is 49.3 Å². The molecule has 0 saturated carbocycles. The number of hydrogen-bond acceptors (Lipinski definition) is 3. The normalized spacial score (nSPS) is 12.1. The lowest BCUT2D eigenvalue weighted by atomic mass is 10.1. The molecule has 31 heavy (non-hydrogen) atoms. The molecule has 3 heteroatoms. The van der Waals surface area contributed by atoms with E-state index in [2.05, 4.69) is 6.92 Å². The summed E-state index contributed by atoms with van der Waals surface area (Å²) in [6.07, 6.45) is 7.46. The van der Waals surface area contributed by atoms with E-state index in [4.69, 9.17) is 9.47 Å². The lowest BCUT2D eigenvalue weighted by molar-refractivity contribution is 0.209. The number of benzene rings is 3. The molecule has 0 radical (unpaired) electrons. The molecular weight excluding hydrogens is 384 g/mol. The highest BCUT2D eigenvalue weighted by atomic mass is 16.5. The Bertz CT molecular complexity index is 920. The number of hydrogen-bond donors (Lipinski definition) is 1. The van der Waals surface area contributed by atoms with Crippen LogP contribution in [0.2, 0.25) is 0 Å². The van der Waals surface area contributed by atoms with Gasteiger partial charge in [0.15, 0.2) is 0 Å². The van der Waals surface area contributed by atoms with E-state index in [1.165, 1.54) is 0 Å². The third-order valence-electron chi connectivity index (χ3n) is 5.07. The fraction of sp³-hybridized carbons (Fsp3) is 0.286. The molecule has 0 bridgehead atoms. The maximum atomic E-state index is 10.2. The second-order valence-corrected chi connectivity index (χ2v) is 7.67. The van der Waals surface area contributed by atoms with Crippen molar-refractivity contribution in [3.8, 4) is 11.5 Å². The summed E-state index contributed by atoms with van der Waals surface area (Å²) in [4.78, 5) is 0. The Morgan fingerprint density at radius 1 is 0.806 bits per heavy atom. The Hall–Kier alpha value is -3.04. The Kier molecular flexibility index (Phi) is 9.21. The third kappa shape index (κ3) is 7.95. The molecule has 0 aliphatic rings. The first-order chi connectivity index (χ1) is 15.2. The molecule has 1 N–H and O–H groups in total. The number of aliphatic hydroxyl groups is 1. The standard InChI is InChI=1S/C28H32O3/c1-2-3-6-15-26(29)18-16-25-17-19-27(30-21-23-11-7-4-8-12-23)20-28(25)31-22-24-13-9-5-10-14-24/h4-5,7-14,16-20,26,29H,2-3,6,15,21-22H2,1H3. The fourth-order valence-corrected chi connectivity index (χ4v) is 3.26. The molecule has 0 aliphatic carbocycles. The van der Waals surface area contributed by atoms with Crippen molar-refractivity contribution in [2.75, 3.05) is 0 Å². The average molecular weight is 417 g/mol. The van der Waals surface area contributed by atoms with Crippen LogP contribution in [0, 0.1) is 0 Å². The highest BCUT2D eigenvalue weighted by molar-refractivity contribution is 5.59. The largest absolute Gasteiger partial charge is 0.489 e. The minimum atomic E-state index is -0.442. The molecule has 3 aromatic rings. The van der Waals surface area contributed by atoms with Crippen LogP contribution in [0.3, 0.4) is 0 Å². The van der Waals surface area contributed by atoms with Gasteiger partial charge in [-0.1, -0.05) is 99.0 Å². The molecule has 0 amide bonds. The van der Waals surface area contributed by atoms with Gasteiger partial charge in [0, 0.05) is 11.6 Å². The highest BCUT2D eigenvalue weighted by Crippen LogP contribution is 2.28. The summed E-state index contributed by atoms with van der Waals surface area (Å²) < 4.78 is 12.1. The van der Waals surface area contributed by atoms with E-state index in [1.807, 2.05) is 91.0 Å². The predicted molar refractivity (Wildman–Crippen MR) is 127 cm³/mol. The van der Waals surface area contributed by atoms with Gasteiger partial charge in [-0.15, -0.1) is 0 Å². The van der Waals surface area contributed by atoms with Gasteiger partial charge in [-0.2, -0.15) is 0 Å². The molecule has 1 unspecified atom stereocenters. The molecule has 3 nitrogen and oxygen atoms in total. The van der Waals surface area contributed by atoms with Crippen LogP contribution >= 0.6 is 0 Å². The molecule has 0 fully saturated rings. The lowest BCUT2D eigenvalue weighted by Gasteiger charge is -2.13. The van der Waals surface area contributed by atoms with Crippen molar-refractivity contribution in [2.45, 2.75) is 51.9 Å². The monoisotopic (exact) mass is 416 g/mol. The number of rotatable bonds is 12. The quantitative estimate of drug-likeness (QED) is 0.330. The van der Waals surface area contributed by atoms with Gasteiger partial charge in [-0.25, -0.2) is 0 Å². The summed E-state index contributed by atoms with van der Waals surface area (Å²) >= 11 is 0. The number of ether oxygens (including phenoxy) is 2. The molecule has 1 atom stereocenters. The van der Waals surface area contributed by atoms with Gasteiger partial charge in [0.2, 0.25) is 0 Å². The van der Waals surface area contributed by atoms with E-state index < -0.39 is 6.10 Å². The summed E-state index contributed by atoms with van der Waals surface area (Å²) in [6, 6.07) is 26.1. The Morgan fingerprint density at radius 3 is 2.10 bits per heavy atom. The molecule has 162 valence electrons. The summed E-state index contributed by atoms with van der Waals surface area (Å²) in [5.74, 6) is 1.50. The topological polar surface area (TPSA) is 38.7 Å². The summed E-state index contributed by atoms with van der Waals surface area (Å²) in [7, 11) is 0. The minimum Gasteiger partial charge on any atom is -0.489 e. The Morgan fingerprint density at radius 2 is 1.45 bits per heavy atom. The van der Waals surface area contributed by atoms with Crippen LogP contribution in [-0.2, 0) is 13.2 Å². The van der Waals surface area contributed by atoms with Crippen molar-refractivity contribution >= 4 is 6.08 Å². The van der Waals surface area contributed by atoms with Crippen LogP contribution < -0.4 is 9.47 Å². The van der Waals surface area contributed by atoms with Crippen LogP contribution in [0.4, 0.5) is 0 Å². The van der Waals surface area contributed by atoms with Gasteiger partial charge in [0.1, 0.15) is 24.7 Å². The van der Waals surface area contributed by atoms with E-state index in [1.54, 1.807) is 0 Å². The van der Waals surface area contributed by atoms with Gasteiger partial charge in [0.25, 0.3) is 0 Å². The first kappa shape index (κ1) is 22.6. The van der Waals surface area contributed by atoms with Crippen LogP contribution in [0.25, 0.3) is 6.08 Å². The second kappa shape index (κ2) is 12.6. The zero-order valence-corrected chi connectivity index (χ0v) is 18.2. The Balaban J connectivity index is 1.71.